The molecule has 0 atom stereocenters. The predicted molar refractivity (Wildman–Crippen MR) is 107 cm³/mol. The topological polar surface area (TPSA) is 99.8 Å². The van der Waals surface area contributed by atoms with E-state index < -0.39 is 0 Å². The van der Waals surface area contributed by atoms with Crippen molar-refractivity contribution < 1.29 is 9.59 Å². The number of hydrogen-bond donors (Lipinski definition) is 3. The summed E-state index contributed by atoms with van der Waals surface area (Å²) < 4.78 is 0. The van der Waals surface area contributed by atoms with Crippen molar-refractivity contribution in [1.82, 2.24) is 25.8 Å². The molecule has 2 amide bonds. The zero-order valence-corrected chi connectivity index (χ0v) is 17.0. The average Bonchev–Trinajstić information content (AvgIpc) is 3.28. The minimum atomic E-state index is -0.115. The van der Waals surface area contributed by atoms with E-state index in [9.17, 15) is 9.59 Å². The Morgan fingerprint density at radius 1 is 1.21 bits per heavy atom. The second-order valence-electron chi connectivity index (χ2n) is 7.91. The summed E-state index contributed by atoms with van der Waals surface area (Å²) in [6.45, 7) is 2.65. The second kappa shape index (κ2) is 8.43. The van der Waals surface area contributed by atoms with Gasteiger partial charge in [-0.05, 0) is 51.5 Å². The minimum absolute atomic E-state index is 0.0440. The lowest BCUT2D eigenvalue weighted by Crippen LogP contribution is -2.41. The Hall–Kier alpha value is -2.22. The van der Waals surface area contributed by atoms with Crippen molar-refractivity contribution in [2.45, 2.75) is 63.8 Å². The van der Waals surface area contributed by atoms with Crippen LogP contribution in [0.15, 0.2) is 11.6 Å². The SMILES string of the molecule is Cc1ncsc1CCNC(=O)C1CCC(NC(=O)c2cc(C3CC3)[nH]n2)CC1. The Morgan fingerprint density at radius 3 is 2.68 bits per heavy atom. The summed E-state index contributed by atoms with van der Waals surface area (Å²) in [5.74, 6) is 0.620. The summed E-state index contributed by atoms with van der Waals surface area (Å²) in [4.78, 5) is 30.3. The first-order valence-corrected chi connectivity index (χ1v) is 11.0. The Bertz CT molecular complexity index is 833. The normalized spacial score (nSPS) is 22.0. The number of aryl methyl sites for hydroxylation is 1. The van der Waals surface area contributed by atoms with Gasteiger partial charge >= 0.3 is 0 Å². The summed E-state index contributed by atoms with van der Waals surface area (Å²) in [5, 5.41) is 13.2. The maximum absolute atomic E-state index is 12.4. The van der Waals surface area contributed by atoms with Crippen LogP contribution < -0.4 is 10.6 Å². The van der Waals surface area contributed by atoms with Crippen molar-refractivity contribution in [3.8, 4) is 0 Å². The molecule has 3 N–H and O–H groups in total. The molecule has 2 saturated carbocycles. The molecule has 0 aliphatic heterocycles. The molecule has 7 nitrogen and oxygen atoms in total. The van der Waals surface area contributed by atoms with E-state index in [1.165, 1.54) is 17.7 Å². The van der Waals surface area contributed by atoms with E-state index >= 15 is 0 Å². The third kappa shape index (κ3) is 4.60. The summed E-state index contributed by atoms with van der Waals surface area (Å²) in [5.41, 5.74) is 4.44. The smallest absolute Gasteiger partial charge is 0.271 e. The van der Waals surface area contributed by atoms with Gasteiger partial charge < -0.3 is 10.6 Å². The Balaban J connectivity index is 1.18. The Morgan fingerprint density at radius 2 is 2.00 bits per heavy atom. The van der Waals surface area contributed by atoms with Gasteiger partial charge in [-0.1, -0.05) is 0 Å². The lowest BCUT2D eigenvalue weighted by Gasteiger charge is -2.28. The van der Waals surface area contributed by atoms with Crippen LogP contribution in [0.1, 0.15) is 71.2 Å². The molecule has 0 bridgehead atoms. The van der Waals surface area contributed by atoms with Crippen molar-refractivity contribution in [2.24, 2.45) is 5.92 Å². The van der Waals surface area contributed by atoms with Crippen LogP contribution in [0.2, 0.25) is 0 Å². The van der Waals surface area contributed by atoms with E-state index in [0.29, 0.717) is 18.2 Å². The van der Waals surface area contributed by atoms with Crippen molar-refractivity contribution in [1.29, 1.82) is 0 Å². The molecule has 150 valence electrons. The summed E-state index contributed by atoms with van der Waals surface area (Å²) in [6.07, 6.45) is 6.47. The fraction of sp³-hybridized carbons (Fsp3) is 0.600. The standard InChI is InChI=1S/C20H27N5O2S/c1-12-18(28-11-22-12)8-9-21-19(26)14-4-6-15(7-5-14)23-20(27)17-10-16(24-25-17)13-2-3-13/h10-11,13-15H,2-9H2,1H3,(H,21,26)(H,23,27)(H,24,25). The number of carbonyl (C=O) groups is 2. The highest BCUT2D eigenvalue weighted by Crippen LogP contribution is 2.39. The first-order chi connectivity index (χ1) is 13.6. The number of H-pyrrole nitrogens is 1. The molecule has 0 unspecified atom stereocenters. The highest BCUT2D eigenvalue weighted by Gasteiger charge is 2.29. The summed E-state index contributed by atoms with van der Waals surface area (Å²) in [7, 11) is 0. The number of thiazole rings is 1. The van der Waals surface area contributed by atoms with Crippen LogP contribution in [-0.2, 0) is 11.2 Å². The van der Waals surface area contributed by atoms with E-state index in [1.807, 2.05) is 18.5 Å². The van der Waals surface area contributed by atoms with Crippen LogP contribution in [0.25, 0.3) is 0 Å². The van der Waals surface area contributed by atoms with Crippen LogP contribution in [0.3, 0.4) is 0 Å². The molecule has 2 aromatic rings. The van der Waals surface area contributed by atoms with Crippen LogP contribution in [0.4, 0.5) is 0 Å². The van der Waals surface area contributed by atoms with Gasteiger partial charge in [0.1, 0.15) is 5.69 Å². The van der Waals surface area contributed by atoms with Crippen molar-refractivity contribution in [3.05, 3.63) is 33.5 Å². The largest absolute Gasteiger partial charge is 0.356 e. The maximum Gasteiger partial charge on any atom is 0.271 e. The van der Waals surface area contributed by atoms with Crippen molar-refractivity contribution in [3.63, 3.8) is 0 Å². The van der Waals surface area contributed by atoms with E-state index in [2.05, 4.69) is 25.8 Å². The van der Waals surface area contributed by atoms with Gasteiger partial charge in [-0.15, -0.1) is 11.3 Å². The first kappa shape index (κ1) is 19.1. The second-order valence-corrected chi connectivity index (χ2v) is 8.85. The number of aromatic amines is 1. The van der Waals surface area contributed by atoms with Gasteiger partial charge in [-0.2, -0.15) is 5.10 Å². The number of amides is 2. The molecule has 2 fully saturated rings. The highest BCUT2D eigenvalue weighted by molar-refractivity contribution is 7.09. The molecular formula is C20H27N5O2S. The van der Waals surface area contributed by atoms with Gasteiger partial charge in [0.15, 0.2) is 0 Å². The third-order valence-corrected chi connectivity index (χ3v) is 6.77. The van der Waals surface area contributed by atoms with Crippen LogP contribution in [-0.4, -0.2) is 39.6 Å². The number of hydrogen-bond acceptors (Lipinski definition) is 5. The van der Waals surface area contributed by atoms with Gasteiger partial charge in [0, 0.05) is 41.4 Å². The van der Waals surface area contributed by atoms with Gasteiger partial charge in [0.2, 0.25) is 5.91 Å². The molecule has 0 spiro atoms. The van der Waals surface area contributed by atoms with Crippen LogP contribution in [0, 0.1) is 12.8 Å². The predicted octanol–water partition coefficient (Wildman–Crippen LogP) is 2.70. The molecule has 4 rings (SSSR count). The molecule has 2 aromatic heterocycles. The van der Waals surface area contributed by atoms with E-state index in [0.717, 1.165) is 43.5 Å². The zero-order valence-electron chi connectivity index (χ0n) is 16.2. The molecule has 2 aliphatic rings. The Kier molecular flexibility index (Phi) is 5.75. The minimum Gasteiger partial charge on any atom is -0.356 e. The van der Waals surface area contributed by atoms with Crippen molar-refractivity contribution in [2.75, 3.05) is 6.54 Å². The van der Waals surface area contributed by atoms with Gasteiger partial charge in [-0.3, -0.25) is 14.7 Å². The lowest BCUT2D eigenvalue weighted by atomic mass is 9.85. The van der Waals surface area contributed by atoms with Crippen LogP contribution >= 0.6 is 11.3 Å². The number of nitrogens with one attached hydrogen (secondary N) is 3. The maximum atomic E-state index is 12.4. The summed E-state index contributed by atoms with van der Waals surface area (Å²) >= 11 is 1.64. The number of rotatable bonds is 7. The van der Waals surface area contributed by atoms with E-state index in [1.54, 1.807) is 11.3 Å². The number of nitrogens with zero attached hydrogens (tertiary/aromatic N) is 2. The first-order valence-electron chi connectivity index (χ1n) is 10.1. The summed E-state index contributed by atoms with van der Waals surface area (Å²) in [6, 6.07) is 1.99. The molecule has 2 heterocycles. The van der Waals surface area contributed by atoms with E-state index in [-0.39, 0.29) is 23.8 Å². The number of carbonyl (C=O) groups excluding carboxylic acids is 2. The van der Waals surface area contributed by atoms with Gasteiger partial charge in [0.25, 0.3) is 5.91 Å². The quantitative estimate of drug-likeness (QED) is 0.664. The molecular weight excluding hydrogens is 374 g/mol. The zero-order chi connectivity index (χ0) is 19.5. The van der Waals surface area contributed by atoms with Crippen LogP contribution in [0.5, 0.6) is 0 Å². The number of aromatic nitrogens is 3. The third-order valence-electron chi connectivity index (χ3n) is 5.78. The Labute approximate surface area is 168 Å². The molecule has 0 saturated heterocycles. The van der Waals surface area contributed by atoms with Gasteiger partial charge in [0.05, 0.1) is 11.2 Å². The van der Waals surface area contributed by atoms with Gasteiger partial charge in [-0.25, -0.2) is 4.98 Å². The molecule has 0 aromatic carbocycles. The fourth-order valence-electron chi connectivity index (χ4n) is 3.83. The lowest BCUT2D eigenvalue weighted by molar-refractivity contribution is -0.126. The van der Waals surface area contributed by atoms with E-state index in [4.69, 9.17) is 0 Å². The molecule has 0 radical (unpaired) electrons. The molecule has 28 heavy (non-hydrogen) atoms. The van der Waals surface area contributed by atoms with Crippen molar-refractivity contribution >= 4 is 23.2 Å². The molecule has 2 aliphatic carbocycles. The molecule has 8 heteroatoms. The fourth-order valence-corrected chi connectivity index (χ4v) is 4.61. The average molecular weight is 402 g/mol. The highest BCUT2D eigenvalue weighted by atomic mass is 32.1. The monoisotopic (exact) mass is 401 g/mol.